The Kier molecular flexibility index (Phi) is 9.61. The Morgan fingerprint density at radius 3 is 2.52 bits per heavy atom. The van der Waals surface area contributed by atoms with E-state index in [0.717, 1.165) is 22.5 Å². The first-order valence-electron chi connectivity index (χ1n) is 13.4. The van der Waals surface area contributed by atoms with Gasteiger partial charge in [-0.3, -0.25) is 9.59 Å². The number of carbonyl (C=O) groups is 2. The summed E-state index contributed by atoms with van der Waals surface area (Å²) in [6.45, 7) is 11.4. The molecule has 1 aromatic carbocycles. The fourth-order valence-corrected chi connectivity index (χ4v) is 5.02. The van der Waals surface area contributed by atoms with E-state index in [1.165, 1.54) is 0 Å². The molecule has 3 heterocycles. The Bertz CT molecular complexity index is 1390. The number of halogens is 1. The van der Waals surface area contributed by atoms with Gasteiger partial charge in [0.05, 0.1) is 44.2 Å². The van der Waals surface area contributed by atoms with Crippen molar-refractivity contribution in [3.8, 4) is 0 Å². The number of nitrogens with zero attached hydrogens (tertiary/aromatic N) is 5. The van der Waals surface area contributed by atoms with Gasteiger partial charge in [-0.1, -0.05) is 11.6 Å². The molecule has 0 bridgehead atoms. The molecular weight excluding hydrogens is 538 g/mol. The monoisotopic (exact) mass is 574 g/mol. The molecule has 1 aliphatic rings. The predicted molar refractivity (Wildman–Crippen MR) is 152 cm³/mol. The number of nitrogens with one attached hydrogen (secondary N) is 2. The largest absolute Gasteiger partial charge is 0.382 e. The number of anilines is 3. The SMILES string of the molecule is CCOCCNC(=O)c1cc2c(cc1N1CCOCC1)n(CC)c(CNC(=O)c1nc(Cl)c(N)nc1N)[n+]2CC. The fourth-order valence-electron chi connectivity index (χ4n) is 4.89. The minimum atomic E-state index is -0.522. The summed E-state index contributed by atoms with van der Waals surface area (Å²) in [7, 11) is 0. The van der Waals surface area contributed by atoms with Gasteiger partial charge >= 0.3 is 0 Å². The second-order valence-electron chi connectivity index (χ2n) is 9.13. The first-order valence-corrected chi connectivity index (χ1v) is 13.8. The van der Waals surface area contributed by atoms with Crippen molar-refractivity contribution in [3.05, 3.63) is 34.4 Å². The van der Waals surface area contributed by atoms with E-state index in [1.807, 2.05) is 26.8 Å². The third-order valence-electron chi connectivity index (χ3n) is 6.79. The number of amides is 2. The van der Waals surface area contributed by atoms with Crippen molar-refractivity contribution in [3.63, 3.8) is 0 Å². The van der Waals surface area contributed by atoms with Gasteiger partial charge in [-0.2, -0.15) is 0 Å². The lowest BCUT2D eigenvalue weighted by atomic mass is 10.1. The van der Waals surface area contributed by atoms with Crippen LogP contribution in [-0.2, 0) is 29.1 Å². The molecule has 2 aromatic heterocycles. The van der Waals surface area contributed by atoms with E-state index < -0.39 is 5.91 Å². The number of nitrogens with two attached hydrogens (primary N) is 2. The van der Waals surface area contributed by atoms with Crippen molar-refractivity contribution in [1.82, 2.24) is 25.2 Å². The fraction of sp³-hybridized carbons (Fsp3) is 0.500. The van der Waals surface area contributed by atoms with Gasteiger partial charge in [0.1, 0.15) is 6.54 Å². The molecule has 2 amide bonds. The summed E-state index contributed by atoms with van der Waals surface area (Å²) in [5, 5.41) is 5.78. The summed E-state index contributed by atoms with van der Waals surface area (Å²) < 4.78 is 15.2. The number of carbonyl (C=O) groups excluding carboxylic acids is 2. The van der Waals surface area contributed by atoms with Crippen LogP contribution in [0.15, 0.2) is 12.1 Å². The number of hydrogen-bond donors (Lipinski definition) is 4. The lowest BCUT2D eigenvalue weighted by Crippen LogP contribution is -2.41. The molecule has 4 rings (SSSR count). The molecule has 0 spiro atoms. The topological polar surface area (TPSA) is 167 Å². The van der Waals surface area contributed by atoms with E-state index >= 15 is 0 Å². The summed E-state index contributed by atoms with van der Waals surface area (Å²) in [5.74, 6) is 0.0154. The Morgan fingerprint density at radius 1 is 1.10 bits per heavy atom. The zero-order chi connectivity index (χ0) is 28.8. The van der Waals surface area contributed by atoms with Gasteiger partial charge in [0.15, 0.2) is 33.5 Å². The van der Waals surface area contributed by atoms with E-state index in [1.54, 1.807) is 0 Å². The molecule has 1 aliphatic heterocycles. The zero-order valence-corrected chi connectivity index (χ0v) is 23.9. The number of benzene rings is 1. The number of hydrogen-bond acceptors (Lipinski definition) is 9. The van der Waals surface area contributed by atoms with Crippen LogP contribution in [0.3, 0.4) is 0 Å². The van der Waals surface area contributed by atoms with Crippen LogP contribution >= 0.6 is 11.6 Å². The average Bonchev–Trinajstić information content (AvgIpc) is 3.26. The lowest BCUT2D eigenvalue weighted by molar-refractivity contribution is -0.676. The van der Waals surface area contributed by atoms with E-state index in [9.17, 15) is 9.59 Å². The summed E-state index contributed by atoms with van der Waals surface area (Å²) in [6.07, 6.45) is 0. The van der Waals surface area contributed by atoms with Crippen LogP contribution in [0.5, 0.6) is 0 Å². The maximum absolute atomic E-state index is 13.4. The van der Waals surface area contributed by atoms with E-state index in [2.05, 4.69) is 40.7 Å². The summed E-state index contributed by atoms with van der Waals surface area (Å²) in [4.78, 5) is 36.4. The maximum Gasteiger partial charge on any atom is 0.277 e. The second kappa shape index (κ2) is 13.1. The Balaban J connectivity index is 1.73. The molecule has 0 aliphatic carbocycles. The molecule has 0 saturated carbocycles. The quantitative estimate of drug-likeness (QED) is 0.194. The summed E-state index contributed by atoms with van der Waals surface area (Å²) >= 11 is 5.97. The number of ether oxygens (including phenoxy) is 2. The van der Waals surface area contributed by atoms with Crippen molar-refractivity contribution < 1.29 is 23.6 Å². The number of rotatable bonds is 11. The van der Waals surface area contributed by atoms with Crippen LogP contribution in [0.25, 0.3) is 11.0 Å². The predicted octanol–water partition coefficient (Wildman–Crippen LogP) is 1.11. The molecule has 0 unspecified atom stereocenters. The van der Waals surface area contributed by atoms with Crippen molar-refractivity contribution in [2.75, 3.05) is 62.4 Å². The summed E-state index contributed by atoms with van der Waals surface area (Å²) in [5.41, 5.74) is 14.7. The van der Waals surface area contributed by atoms with Crippen molar-refractivity contribution in [2.45, 2.75) is 40.4 Å². The highest BCUT2D eigenvalue weighted by Gasteiger charge is 2.29. The van der Waals surface area contributed by atoms with Gasteiger partial charge in [-0.25, -0.2) is 19.1 Å². The number of nitrogen functional groups attached to an aromatic ring is 2. The van der Waals surface area contributed by atoms with Gasteiger partial charge in [-0.15, -0.1) is 0 Å². The lowest BCUT2D eigenvalue weighted by Gasteiger charge is -2.30. The Labute approximate surface area is 237 Å². The first-order chi connectivity index (χ1) is 19.3. The third-order valence-corrected chi connectivity index (χ3v) is 7.07. The van der Waals surface area contributed by atoms with Crippen LogP contribution in [0.4, 0.5) is 17.3 Å². The third kappa shape index (κ3) is 6.06. The normalized spacial score (nSPS) is 13.6. The van der Waals surface area contributed by atoms with Crippen molar-refractivity contribution >= 4 is 51.8 Å². The molecule has 13 nitrogen and oxygen atoms in total. The molecule has 3 aromatic rings. The Morgan fingerprint density at radius 2 is 1.85 bits per heavy atom. The Hall–Kier alpha value is -3.68. The maximum atomic E-state index is 13.4. The second-order valence-corrected chi connectivity index (χ2v) is 9.49. The molecule has 14 heteroatoms. The average molecular weight is 575 g/mol. The van der Waals surface area contributed by atoms with Gasteiger partial charge in [0.2, 0.25) is 0 Å². The molecule has 0 atom stereocenters. The van der Waals surface area contributed by atoms with Gasteiger partial charge in [-0.05, 0) is 20.8 Å². The number of aromatic nitrogens is 4. The molecule has 40 heavy (non-hydrogen) atoms. The van der Waals surface area contributed by atoms with Gasteiger partial charge < -0.3 is 36.5 Å². The van der Waals surface area contributed by atoms with Crippen molar-refractivity contribution in [2.24, 2.45) is 0 Å². The number of aryl methyl sites for hydroxylation is 2. The highest BCUT2D eigenvalue weighted by molar-refractivity contribution is 6.31. The van der Waals surface area contributed by atoms with Gasteiger partial charge in [0, 0.05) is 38.4 Å². The van der Waals surface area contributed by atoms with E-state index in [0.29, 0.717) is 64.7 Å². The number of fused-ring (bicyclic) bond motifs is 1. The minimum Gasteiger partial charge on any atom is -0.382 e. The molecule has 1 fully saturated rings. The molecule has 0 radical (unpaired) electrons. The number of imidazole rings is 1. The highest BCUT2D eigenvalue weighted by atomic mass is 35.5. The summed E-state index contributed by atoms with van der Waals surface area (Å²) in [6, 6.07) is 3.99. The van der Waals surface area contributed by atoms with Crippen LogP contribution in [0.1, 0.15) is 47.4 Å². The molecule has 6 N–H and O–H groups in total. The van der Waals surface area contributed by atoms with Crippen LogP contribution < -0.4 is 31.6 Å². The molecule has 1 saturated heterocycles. The highest BCUT2D eigenvalue weighted by Crippen LogP contribution is 2.29. The first kappa shape index (κ1) is 29.3. The van der Waals surface area contributed by atoms with E-state index in [4.69, 9.17) is 32.5 Å². The molecule has 216 valence electrons. The van der Waals surface area contributed by atoms with Crippen molar-refractivity contribution in [1.29, 1.82) is 0 Å². The minimum absolute atomic E-state index is 0.0422. The van der Waals surface area contributed by atoms with Gasteiger partial charge in [0.25, 0.3) is 17.6 Å². The standard InChI is InChI=1S/C26H36ClN9O4/c1-4-35-18-13-16(25(37)30-7-10-39-6-3)17(34-8-11-40-12-9-34)14-19(18)36(5-2)20(35)15-31-26(38)21-23(28)33-24(29)22(27)32-21/h13-14H,4-12,15H2,1-3H3,(H5-,28,29,30,31,33,37,38)/p+1. The zero-order valence-electron chi connectivity index (χ0n) is 23.1. The van der Waals surface area contributed by atoms with Crippen LogP contribution in [-0.4, -0.2) is 72.4 Å². The van der Waals surface area contributed by atoms with Crippen LogP contribution in [0.2, 0.25) is 5.15 Å². The smallest absolute Gasteiger partial charge is 0.277 e. The van der Waals surface area contributed by atoms with Crippen LogP contribution in [0, 0.1) is 0 Å². The van der Waals surface area contributed by atoms with E-state index in [-0.39, 0.29) is 34.9 Å². The molecular formula is C26H37ClN9O4+. The number of morpholine rings is 1.